The molecule has 0 rings (SSSR count). The number of rotatable bonds is 21. The first-order valence-electron chi connectivity index (χ1n) is 12.3. The zero-order valence-corrected chi connectivity index (χ0v) is 20.7. The van der Waals surface area contributed by atoms with E-state index in [0.717, 1.165) is 51.4 Å². The van der Waals surface area contributed by atoms with Gasteiger partial charge < -0.3 is 28.4 Å². The maximum Gasteiger partial charge on any atom is 0.508 e. The van der Waals surface area contributed by atoms with Gasteiger partial charge in [-0.1, -0.05) is 66.2 Å². The summed E-state index contributed by atoms with van der Waals surface area (Å²) in [6.45, 7) is 10.8. The molecule has 32 heavy (non-hydrogen) atoms. The lowest BCUT2D eigenvalue weighted by molar-refractivity contribution is -0.00820. The minimum Gasteiger partial charge on any atom is -0.434 e. The highest BCUT2D eigenvalue weighted by atomic mass is 16.7. The topological polar surface area (TPSA) is 89.5 Å². The quantitative estimate of drug-likeness (QED) is 0.157. The van der Waals surface area contributed by atoms with E-state index < -0.39 is 12.3 Å². The van der Waals surface area contributed by atoms with Crippen molar-refractivity contribution in [3.05, 3.63) is 0 Å². The van der Waals surface area contributed by atoms with Gasteiger partial charge in [0, 0.05) is 0 Å². The van der Waals surface area contributed by atoms with Crippen molar-refractivity contribution in [3.8, 4) is 0 Å². The Balaban J connectivity index is 3.49. The number of unbranched alkanes of at least 4 members (excludes halogenated alkanes) is 2. The fourth-order valence-electron chi connectivity index (χ4n) is 2.94. The van der Waals surface area contributed by atoms with Crippen molar-refractivity contribution in [3.63, 3.8) is 0 Å². The molecule has 0 fully saturated rings. The zero-order chi connectivity index (χ0) is 23.9. The van der Waals surface area contributed by atoms with Gasteiger partial charge in [0.05, 0.1) is 39.6 Å². The number of ether oxygens (including phenoxy) is 6. The molecule has 2 atom stereocenters. The van der Waals surface area contributed by atoms with Gasteiger partial charge in [0.25, 0.3) is 0 Å². The van der Waals surface area contributed by atoms with E-state index in [1.54, 1.807) is 0 Å². The molecule has 0 aromatic carbocycles. The van der Waals surface area contributed by atoms with E-state index in [1.807, 2.05) is 0 Å². The Kier molecular flexibility index (Phi) is 21.6. The summed E-state index contributed by atoms with van der Waals surface area (Å²) in [5.41, 5.74) is 0. The Morgan fingerprint density at radius 3 is 1.28 bits per heavy atom. The van der Waals surface area contributed by atoms with Crippen LogP contribution in [0.15, 0.2) is 0 Å². The molecule has 0 saturated carbocycles. The summed E-state index contributed by atoms with van der Waals surface area (Å²) in [5.74, 6) is 0.779. The van der Waals surface area contributed by atoms with E-state index in [-0.39, 0.29) is 26.4 Å². The number of hydrogen-bond acceptors (Lipinski definition) is 8. The first-order valence-corrected chi connectivity index (χ1v) is 12.3. The van der Waals surface area contributed by atoms with E-state index in [1.165, 1.54) is 0 Å². The van der Waals surface area contributed by atoms with Crippen LogP contribution in [0.4, 0.5) is 9.59 Å². The van der Waals surface area contributed by atoms with Gasteiger partial charge in [-0.15, -0.1) is 0 Å². The molecule has 0 aliphatic carbocycles. The molecule has 8 heteroatoms. The van der Waals surface area contributed by atoms with Crippen LogP contribution >= 0.6 is 0 Å². The Morgan fingerprint density at radius 1 is 0.562 bits per heavy atom. The second-order valence-electron chi connectivity index (χ2n) is 7.88. The Labute approximate surface area is 194 Å². The van der Waals surface area contributed by atoms with Crippen LogP contribution in [0.25, 0.3) is 0 Å². The van der Waals surface area contributed by atoms with Gasteiger partial charge in [-0.05, 0) is 24.7 Å². The summed E-state index contributed by atoms with van der Waals surface area (Å²) >= 11 is 0. The van der Waals surface area contributed by atoms with Crippen molar-refractivity contribution in [2.75, 3.05) is 52.9 Å². The molecule has 0 bridgehead atoms. The van der Waals surface area contributed by atoms with Gasteiger partial charge in [0.1, 0.15) is 13.2 Å². The van der Waals surface area contributed by atoms with Crippen molar-refractivity contribution in [2.24, 2.45) is 11.8 Å². The van der Waals surface area contributed by atoms with Crippen LogP contribution in [0.1, 0.15) is 79.1 Å². The van der Waals surface area contributed by atoms with Crippen molar-refractivity contribution in [2.45, 2.75) is 79.1 Å². The maximum atomic E-state index is 11.6. The molecule has 0 aliphatic heterocycles. The molecule has 0 radical (unpaired) electrons. The molecule has 0 aromatic heterocycles. The van der Waals surface area contributed by atoms with Crippen molar-refractivity contribution >= 4 is 12.3 Å². The molecule has 0 saturated heterocycles. The monoisotopic (exact) mass is 462 g/mol. The van der Waals surface area contributed by atoms with Gasteiger partial charge in [-0.3, -0.25) is 0 Å². The minimum atomic E-state index is -0.653. The predicted octanol–water partition coefficient (Wildman–Crippen LogP) is 5.76. The highest BCUT2D eigenvalue weighted by Crippen LogP contribution is 2.14. The van der Waals surface area contributed by atoms with Crippen LogP contribution in [0.5, 0.6) is 0 Å². The summed E-state index contributed by atoms with van der Waals surface area (Å²) < 4.78 is 30.9. The molecule has 0 amide bonds. The third kappa shape index (κ3) is 19.2. The fraction of sp³-hybridized carbons (Fsp3) is 0.917. The Morgan fingerprint density at radius 2 is 0.938 bits per heavy atom. The van der Waals surface area contributed by atoms with E-state index in [9.17, 15) is 9.59 Å². The second-order valence-corrected chi connectivity index (χ2v) is 7.88. The van der Waals surface area contributed by atoms with Gasteiger partial charge in [-0.2, -0.15) is 0 Å². The largest absolute Gasteiger partial charge is 0.508 e. The Hall–Kier alpha value is -1.54. The lowest BCUT2D eigenvalue weighted by atomic mass is 10.0. The summed E-state index contributed by atoms with van der Waals surface area (Å²) in [5, 5.41) is 0. The van der Waals surface area contributed by atoms with Gasteiger partial charge >= 0.3 is 12.3 Å². The third-order valence-corrected chi connectivity index (χ3v) is 5.23. The molecule has 0 aromatic rings. The van der Waals surface area contributed by atoms with Crippen LogP contribution in [0, 0.1) is 11.8 Å². The maximum absolute atomic E-state index is 11.6. The van der Waals surface area contributed by atoms with Crippen molar-refractivity contribution < 1.29 is 38.0 Å². The zero-order valence-electron chi connectivity index (χ0n) is 20.7. The van der Waals surface area contributed by atoms with Crippen molar-refractivity contribution in [1.82, 2.24) is 0 Å². The number of carbonyl (C=O) groups excluding carboxylic acids is 2. The second kappa shape index (κ2) is 22.6. The van der Waals surface area contributed by atoms with Gasteiger partial charge in [0.2, 0.25) is 0 Å². The highest BCUT2D eigenvalue weighted by molar-refractivity contribution is 5.60. The average Bonchev–Trinajstić information content (AvgIpc) is 2.80. The molecule has 0 N–H and O–H groups in total. The molecule has 190 valence electrons. The highest BCUT2D eigenvalue weighted by Gasteiger charge is 2.11. The summed E-state index contributed by atoms with van der Waals surface area (Å²) in [4.78, 5) is 23.1. The van der Waals surface area contributed by atoms with E-state index in [2.05, 4.69) is 27.7 Å². The lowest BCUT2D eigenvalue weighted by Crippen LogP contribution is -2.18. The first kappa shape index (κ1) is 30.5. The summed E-state index contributed by atoms with van der Waals surface area (Å²) in [7, 11) is 0. The molecule has 0 aliphatic rings. The molecule has 0 heterocycles. The smallest absolute Gasteiger partial charge is 0.434 e. The van der Waals surface area contributed by atoms with Crippen LogP contribution in [-0.4, -0.2) is 65.2 Å². The van der Waals surface area contributed by atoms with Gasteiger partial charge in [0.15, 0.2) is 0 Å². The standard InChI is InChI=1S/C24H46O8/c1-5-9-11-21(7-3)19-31-23(25)29-17-15-27-13-14-28-16-18-30-24(26)32-20-22(8-4)12-10-6-2/h21-22H,5-20H2,1-4H3. The fourth-order valence-corrected chi connectivity index (χ4v) is 2.94. The Bertz CT molecular complexity index is 404. The van der Waals surface area contributed by atoms with E-state index >= 15 is 0 Å². The van der Waals surface area contributed by atoms with Crippen LogP contribution in [0.3, 0.4) is 0 Å². The summed E-state index contributed by atoms with van der Waals surface area (Å²) in [6, 6.07) is 0. The van der Waals surface area contributed by atoms with Gasteiger partial charge in [-0.25, -0.2) is 9.59 Å². The van der Waals surface area contributed by atoms with Crippen molar-refractivity contribution in [1.29, 1.82) is 0 Å². The SMILES string of the molecule is CCCCC(CC)COC(=O)OCCOCCOCCOC(=O)OCC(CC)CCCC. The molecule has 8 nitrogen and oxygen atoms in total. The minimum absolute atomic E-state index is 0.135. The van der Waals surface area contributed by atoms with Crippen LogP contribution in [0.2, 0.25) is 0 Å². The lowest BCUT2D eigenvalue weighted by Gasteiger charge is -2.14. The molecule has 0 spiro atoms. The molecular formula is C24H46O8. The summed E-state index contributed by atoms with van der Waals surface area (Å²) in [6.07, 6.45) is 7.35. The third-order valence-electron chi connectivity index (χ3n) is 5.23. The van der Waals surface area contributed by atoms with E-state index in [4.69, 9.17) is 28.4 Å². The van der Waals surface area contributed by atoms with Crippen LogP contribution < -0.4 is 0 Å². The predicted molar refractivity (Wildman–Crippen MR) is 123 cm³/mol. The molecular weight excluding hydrogens is 416 g/mol. The first-order chi connectivity index (χ1) is 15.6. The molecule has 2 unspecified atom stereocenters. The number of hydrogen-bond donors (Lipinski definition) is 0. The average molecular weight is 463 g/mol. The van der Waals surface area contributed by atoms with E-state index in [0.29, 0.717) is 38.3 Å². The normalized spacial score (nSPS) is 12.8. The van der Waals surface area contributed by atoms with Crippen LogP contribution in [-0.2, 0) is 28.4 Å². The number of carbonyl (C=O) groups is 2.